The first kappa shape index (κ1) is 11.5. The highest BCUT2D eigenvalue weighted by Gasteiger charge is 2.31. The molecule has 2 aromatic heterocycles. The van der Waals surface area contributed by atoms with Crippen LogP contribution in [0.15, 0.2) is 53.3 Å². The number of anilines is 1. The molecule has 2 atom stereocenters. The van der Waals surface area contributed by atoms with Crippen LogP contribution in [-0.4, -0.2) is 16.2 Å². The summed E-state index contributed by atoms with van der Waals surface area (Å²) in [5, 5.41) is 14.6. The van der Waals surface area contributed by atoms with E-state index in [1.807, 2.05) is 24.3 Å². The van der Waals surface area contributed by atoms with Crippen molar-refractivity contribution in [3.05, 3.63) is 60.0 Å². The maximum atomic E-state index is 10.3. The lowest BCUT2D eigenvalue weighted by Gasteiger charge is -2.18. The van der Waals surface area contributed by atoms with E-state index in [0.29, 0.717) is 6.42 Å². The first-order chi connectivity index (χ1) is 9.83. The number of rotatable bonds is 2. The summed E-state index contributed by atoms with van der Waals surface area (Å²) in [5.74, 6) is 0.747. The molecule has 1 aliphatic rings. The molecule has 2 N–H and O–H groups in total. The molecule has 0 bridgehead atoms. The van der Waals surface area contributed by atoms with E-state index in [2.05, 4.69) is 22.4 Å². The summed E-state index contributed by atoms with van der Waals surface area (Å²) in [6.45, 7) is 0. The highest BCUT2D eigenvalue weighted by atomic mass is 16.3. The standard InChI is InChI=1S/C16H14N2O2/c19-13-9-10-3-1-2-4-11(10)15(13)18-16-12-6-8-20-14(12)5-7-17-16/h1-8,13,15,19H,9H2,(H,17,18)/t13-,15+/m1/s1. The van der Waals surface area contributed by atoms with Gasteiger partial charge in [-0.2, -0.15) is 0 Å². The highest BCUT2D eigenvalue weighted by Crippen LogP contribution is 2.35. The molecule has 0 saturated carbocycles. The monoisotopic (exact) mass is 266 g/mol. The molecule has 0 spiro atoms. The summed E-state index contributed by atoms with van der Waals surface area (Å²) in [4.78, 5) is 4.37. The minimum atomic E-state index is -0.434. The molecule has 1 aromatic carbocycles. The van der Waals surface area contributed by atoms with Crippen LogP contribution in [0.1, 0.15) is 17.2 Å². The minimum absolute atomic E-state index is 0.126. The number of nitrogens with one attached hydrogen (secondary N) is 1. The summed E-state index contributed by atoms with van der Waals surface area (Å²) < 4.78 is 5.38. The van der Waals surface area contributed by atoms with Crippen LogP contribution in [-0.2, 0) is 6.42 Å². The number of furan rings is 1. The van der Waals surface area contributed by atoms with Gasteiger partial charge in [0, 0.05) is 12.6 Å². The van der Waals surface area contributed by atoms with Crippen molar-refractivity contribution in [1.82, 2.24) is 4.98 Å². The van der Waals surface area contributed by atoms with Crippen LogP contribution in [0.25, 0.3) is 11.0 Å². The van der Waals surface area contributed by atoms with Gasteiger partial charge < -0.3 is 14.8 Å². The van der Waals surface area contributed by atoms with Crippen LogP contribution in [0.4, 0.5) is 5.82 Å². The number of fused-ring (bicyclic) bond motifs is 2. The van der Waals surface area contributed by atoms with E-state index < -0.39 is 6.10 Å². The normalized spacial score (nSPS) is 21.1. The number of hydrogen-bond acceptors (Lipinski definition) is 4. The quantitative estimate of drug-likeness (QED) is 0.748. The van der Waals surface area contributed by atoms with Gasteiger partial charge in [0.25, 0.3) is 0 Å². The maximum absolute atomic E-state index is 10.3. The molecule has 0 unspecified atom stereocenters. The summed E-state index contributed by atoms with van der Waals surface area (Å²) in [7, 11) is 0. The van der Waals surface area contributed by atoms with Gasteiger partial charge in [-0.15, -0.1) is 0 Å². The number of pyridine rings is 1. The summed E-state index contributed by atoms with van der Waals surface area (Å²) in [5.41, 5.74) is 3.13. The van der Waals surface area contributed by atoms with Crippen molar-refractivity contribution >= 4 is 16.8 Å². The molecule has 4 rings (SSSR count). The van der Waals surface area contributed by atoms with Crippen molar-refractivity contribution in [3.8, 4) is 0 Å². The van der Waals surface area contributed by atoms with Gasteiger partial charge in [0.2, 0.25) is 0 Å². The fraction of sp³-hybridized carbons (Fsp3) is 0.188. The predicted molar refractivity (Wildman–Crippen MR) is 76.5 cm³/mol. The van der Waals surface area contributed by atoms with Gasteiger partial charge in [-0.3, -0.25) is 0 Å². The largest absolute Gasteiger partial charge is 0.464 e. The molecule has 0 saturated heterocycles. The van der Waals surface area contributed by atoms with Crippen LogP contribution >= 0.6 is 0 Å². The van der Waals surface area contributed by atoms with E-state index in [1.165, 1.54) is 5.56 Å². The van der Waals surface area contributed by atoms with Crippen LogP contribution < -0.4 is 5.32 Å². The third-order valence-electron chi connectivity index (χ3n) is 3.88. The van der Waals surface area contributed by atoms with Gasteiger partial charge in [-0.1, -0.05) is 24.3 Å². The van der Waals surface area contributed by atoms with Gasteiger partial charge >= 0.3 is 0 Å². The van der Waals surface area contributed by atoms with Gasteiger partial charge in [-0.05, 0) is 23.3 Å². The third-order valence-corrected chi connectivity index (χ3v) is 3.88. The molecular formula is C16H14N2O2. The molecular weight excluding hydrogens is 252 g/mol. The maximum Gasteiger partial charge on any atom is 0.139 e. The molecule has 100 valence electrons. The Morgan fingerprint density at radius 1 is 1.20 bits per heavy atom. The van der Waals surface area contributed by atoms with E-state index in [4.69, 9.17) is 4.42 Å². The minimum Gasteiger partial charge on any atom is -0.464 e. The average Bonchev–Trinajstić information content (AvgIpc) is 3.05. The van der Waals surface area contributed by atoms with Crippen LogP contribution in [0, 0.1) is 0 Å². The smallest absolute Gasteiger partial charge is 0.139 e. The second-order valence-corrected chi connectivity index (χ2v) is 5.08. The topological polar surface area (TPSA) is 58.3 Å². The Balaban J connectivity index is 1.74. The van der Waals surface area contributed by atoms with E-state index in [9.17, 15) is 5.11 Å². The highest BCUT2D eigenvalue weighted by molar-refractivity contribution is 5.88. The zero-order valence-corrected chi connectivity index (χ0v) is 10.8. The van der Waals surface area contributed by atoms with Crippen molar-refractivity contribution in [2.75, 3.05) is 5.32 Å². The molecule has 0 fully saturated rings. The van der Waals surface area contributed by atoms with Crippen LogP contribution in [0.2, 0.25) is 0 Å². The lowest BCUT2D eigenvalue weighted by Crippen LogP contribution is -2.21. The molecule has 0 aliphatic heterocycles. The van der Waals surface area contributed by atoms with Crippen molar-refractivity contribution < 1.29 is 9.52 Å². The number of aliphatic hydroxyl groups excluding tert-OH is 1. The fourth-order valence-corrected chi connectivity index (χ4v) is 2.90. The Morgan fingerprint density at radius 3 is 3.05 bits per heavy atom. The Labute approximate surface area is 116 Å². The van der Waals surface area contributed by atoms with Crippen molar-refractivity contribution in [3.63, 3.8) is 0 Å². The van der Waals surface area contributed by atoms with Gasteiger partial charge in [0.05, 0.1) is 23.8 Å². The molecule has 1 aliphatic carbocycles. The zero-order chi connectivity index (χ0) is 13.5. The number of aromatic nitrogens is 1. The lowest BCUT2D eigenvalue weighted by molar-refractivity contribution is 0.165. The Morgan fingerprint density at radius 2 is 2.10 bits per heavy atom. The zero-order valence-electron chi connectivity index (χ0n) is 10.8. The summed E-state index contributed by atoms with van der Waals surface area (Å²) in [6.07, 6.45) is 3.60. The van der Waals surface area contributed by atoms with Gasteiger partial charge in [0.15, 0.2) is 0 Å². The second kappa shape index (κ2) is 4.35. The molecule has 20 heavy (non-hydrogen) atoms. The van der Waals surface area contributed by atoms with Crippen molar-refractivity contribution in [2.24, 2.45) is 0 Å². The van der Waals surface area contributed by atoms with Gasteiger partial charge in [-0.25, -0.2) is 4.98 Å². The fourth-order valence-electron chi connectivity index (χ4n) is 2.90. The van der Waals surface area contributed by atoms with Gasteiger partial charge in [0.1, 0.15) is 11.4 Å². The SMILES string of the molecule is O[C@@H]1Cc2ccccc2[C@@H]1Nc1nccc2occc12. The molecule has 4 nitrogen and oxygen atoms in total. The van der Waals surface area contributed by atoms with E-state index in [0.717, 1.165) is 22.4 Å². The molecule has 0 amide bonds. The Bertz CT molecular complexity index is 766. The number of hydrogen-bond donors (Lipinski definition) is 2. The first-order valence-electron chi connectivity index (χ1n) is 6.67. The van der Waals surface area contributed by atoms with E-state index in [-0.39, 0.29) is 6.04 Å². The Hall–Kier alpha value is -2.33. The Kier molecular flexibility index (Phi) is 2.50. The molecule has 0 radical (unpaired) electrons. The second-order valence-electron chi connectivity index (χ2n) is 5.08. The van der Waals surface area contributed by atoms with E-state index >= 15 is 0 Å². The molecule has 4 heteroatoms. The average molecular weight is 266 g/mol. The van der Waals surface area contributed by atoms with Crippen molar-refractivity contribution in [1.29, 1.82) is 0 Å². The predicted octanol–water partition coefficient (Wildman–Crippen LogP) is 2.90. The summed E-state index contributed by atoms with van der Waals surface area (Å²) in [6, 6.07) is 11.7. The number of aliphatic hydroxyl groups is 1. The van der Waals surface area contributed by atoms with Crippen molar-refractivity contribution in [2.45, 2.75) is 18.6 Å². The third kappa shape index (κ3) is 1.69. The first-order valence-corrected chi connectivity index (χ1v) is 6.67. The van der Waals surface area contributed by atoms with E-state index in [1.54, 1.807) is 12.5 Å². The lowest BCUT2D eigenvalue weighted by atomic mass is 10.1. The van der Waals surface area contributed by atoms with Crippen LogP contribution in [0.5, 0.6) is 0 Å². The number of benzene rings is 1. The van der Waals surface area contributed by atoms with Crippen LogP contribution in [0.3, 0.4) is 0 Å². The molecule has 3 aromatic rings. The number of nitrogens with zero attached hydrogens (tertiary/aromatic N) is 1. The summed E-state index contributed by atoms with van der Waals surface area (Å²) >= 11 is 0. The molecule has 2 heterocycles.